The number of anilines is 1. The van der Waals surface area contributed by atoms with Crippen molar-refractivity contribution in [1.29, 1.82) is 0 Å². The first kappa shape index (κ1) is 23.3. The molecular formula is C26H30BrClN2O2. The van der Waals surface area contributed by atoms with Crippen LogP contribution in [0.4, 0.5) is 5.69 Å². The topological polar surface area (TPSA) is 32.8 Å². The number of hydrogen-bond donors (Lipinski definition) is 0. The van der Waals surface area contributed by atoms with E-state index in [1.807, 2.05) is 30.3 Å². The molecule has 1 fully saturated rings. The smallest absolute Gasteiger partial charge is 0.339 e. The molecule has 1 heterocycles. The number of carbonyl (C=O) groups is 1. The highest BCUT2D eigenvalue weighted by Crippen LogP contribution is 2.33. The van der Waals surface area contributed by atoms with Gasteiger partial charge in [-0.25, -0.2) is 4.79 Å². The fourth-order valence-corrected chi connectivity index (χ4v) is 5.38. The second kappa shape index (κ2) is 10.9. The molecule has 0 radical (unpaired) electrons. The van der Waals surface area contributed by atoms with Gasteiger partial charge in [-0.3, -0.25) is 4.90 Å². The van der Waals surface area contributed by atoms with Gasteiger partial charge in [-0.05, 0) is 83.1 Å². The fourth-order valence-electron chi connectivity index (χ4n) is 4.73. The number of halogens is 2. The van der Waals surface area contributed by atoms with Crippen molar-refractivity contribution < 1.29 is 9.53 Å². The number of hydrogen-bond acceptors (Lipinski definition) is 4. The lowest BCUT2D eigenvalue weighted by Crippen LogP contribution is -2.47. The molecular weight excluding hydrogens is 488 g/mol. The molecule has 0 amide bonds. The summed E-state index contributed by atoms with van der Waals surface area (Å²) >= 11 is 9.65. The third-order valence-corrected chi connectivity index (χ3v) is 7.44. The second-order valence-corrected chi connectivity index (χ2v) is 9.86. The van der Waals surface area contributed by atoms with Crippen LogP contribution in [0.15, 0.2) is 52.5 Å². The molecule has 4 rings (SSSR count). The van der Waals surface area contributed by atoms with Crippen LogP contribution < -0.4 is 4.90 Å². The molecule has 170 valence electrons. The molecule has 1 aliphatic heterocycles. The van der Waals surface area contributed by atoms with Gasteiger partial charge in [-0.15, -0.1) is 0 Å². The Labute approximate surface area is 204 Å². The normalized spacial score (nSPS) is 17.9. The first-order valence-electron chi connectivity index (χ1n) is 11.4. The molecule has 0 aromatic heterocycles. The molecule has 0 bridgehead atoms. The third-order valence-electron chi connectivity index (χ3n) is 6.53. The number of ether oxygens (including phenoxy) is 1. The molecule has 2 aromatic carbocycles. The highest BCUT2D eigenvalue weighted by molar-refractivity contribution is 9.10. The summed E-state index contributed by atoms with van der Waals surface area (Å²) in [6, 6.07) is 14.2. The largest absolute Gasteiger partial charge is 0.465 e. The van der Waals surface area contributed by atoms with Crippen molar-refractivity contribution in [2.75, 3.05) is 44.7 Å². The van der Waals surface area contributed by atoms with E-state index in [2.05, 4.69) is 37.9 Å². The zero-order valence-corrected chi connectivity index (χ0v) is 20.9. The van der Waals surface area contributed by atoms with Crippen LogP contribution in [0.2, 0.25) is 5.02 Å². The van der Waals surface area contributed by atoms with E-state index < -0.39 is 0 Å². The van der Waals surface area contributed by atoms with Crippen molar-refractivity contribution in [2.45, 2.75) is 32.1 Å². The Morgan fingerprint density at radius 1 is 1.00 bits per heavy atom. The van der Waals surface area contributed by atoms with Gasteiger partial charge in [-0.2, -0.15) is 0 Å². The van der Waals surface area contributed by atoms with E-state index >= 15 is 0 Å². The minimum atomic E-state index is -0.318. The first-order valence-corrected chi connectivity index (χ1v) is 12.5. The molecule has 1 aliphatic carbocycles. The van der Waals surface area contributed by atoms with Crippen LogP contribution in [0.25, 0.3) is 5.57 Å². The number of rotatable bonds is 5. The Morgan fingerprint density at radius 2 is 1.72 bits per heavy atom. The standard InChI is InChI=1S/C26H30BrClN2O2/c1-32-26(31)24-12-11-22(17-25(24)27)30-15-13-29(14-16-30)18-20-5-3-2-4-6-23(20)19-7-9-21(28)10-8-19/h7-12,17H,2-6,13-16,18H2,1H3. The van der Waals surface area contributed by atoms with Crippen LogP contribution in [0, 0.1) is 0 Å². The van der Waals surface area contributed by atoms with Crippen molar-refractivity contribution in [1.82, 2.24) is 4.90 Å². The zero-order valence-electron chi connectivity index (χ0n) is 18.6. The van der Waals surface area contributed by atoms with Gasteiger partial charge in [0.25, 0.3) is 0 Å². The number of carbonyl (C=O) groups excluding carboxylic acids is 1. The van der Waals surface area contributed by atoms with Crippen molar-refractivity contribution >= 4 is 44.8 Å². The maximum Gasteiger partial charge on any atom is 0.339 e. The highest BCUT2D eigenvalue weighted by Gasteiger charge is 2.22. The molecule has 32 heavy (non-hydrogen) atoms. The maximum atomic E-state index is 11.8. The van der Waals surface area contributed by atoms with E-state index in [0.29, 0.717) is 5.56 Å². The quantitative estimate of drug-likeness (QED) is 0.428. The molecule has 1 saturated heterocycles. The second-order valence-electron chi connectivity index (χ2n) is 8.57. The summed E-state index contributed by atoms with van der Waals surface area (Å²) in [5.41, 5.74) is 6.16. The third kappa shape index (κ3) is 5.56. The fraction of sp³-hybridized carbons (Fsp3) is 0.423. The average molecular weight is 518 g/mol. The van der Waals surface area contributed by atoms with Crippen LogP contribution in [0.1, 0.15) is 48.0 Å². The van der Waals surface area contributed by atoms with E-state index in [9.17, 15) is 4.79 Å². The predicted molar refractivity (Wildman–Crippen MR) is 136 cm³/mol. The molecule has 2 aromatic rings. The van der Waals surface area contributed by atoms with Gasteiger partial charge in [0.05, 0.1) is 12.7 Å². The van der Waals surface area contributed by atoms with Gasteiger partial charge >= 0.3 is 5.97 Å². The van der Waals surface area contributed by atoms with Crippen LogP contribution in [-0.4, -0.2) is 50.7 Å². The van der Waals surface area contributed by atoms with Crippen LogP contribution >= 0.6 is 27.5 Å². The summed E-state index contributed by atoms with van der Waals surface area (Å²) in [5.74, 6) is -0.318. The molecule has 6 heteroatoms. The Kier molecular flexibility index (Phi) is 7.93. The summed E-state index contributed by atoms with van der Waals surface area (Å²) in [4.78, 5) is 16.8. The van der Waals surface area contributed by atoms with E-state index in [1.54, 1.807) is 5.57 Å². The number of nitrogens with zero attached hydrogens (tertiary/aromatic N) is 2. The Bertz CT molecular complexity index is 982. The van der Waals surface area contributed by atoms with E-state index in [-0.39, 0.29) is 5.97 Å². The van der Waals surface area contributed by atoms with Crippen LogP contribution in [-0.2, 0) is 4.74 Å². The van der Waals surface area contributed by atoms with Crippen molar-refractivity contribution in [3.05, 3.63) is 68.7 Å². The van der Waals surface area contributed by atoms with Gasteiger partial charge in [0.1, 0.15) is 0 Å². The summed E-state index contributed by atoms with van der Waals surface area (Å²) in [6.45, 7) is 5.08. The van der Waals surface area contributed by atoms with Crippen LogP contribution in [0.3, 0.4) is 0 Å². The minimum Gasteiger partial charge on any atom is -0.465 e. The molecule has 0 N–H and O–H groups in total. The Hall–Kier alpha value is -1.82. The SMILES string of the molecule is COC(=O)c1ccc(N2CCN(CC3=C(c4ccc(Cl)cc4)CCCCC3)CC2)cc1Br. The van der Waals surface area contributed by atoms with Gasteiger partial charge in [0.15, 0.2) is 0 Å². The zero-order chi connectivity index (χ0) is 22.5. The van der Waals surface area contributed by atoms with Crippen molar-refractivity contribution in [2.24, 2.45) is 0 Å². The van der Waals surface area contributed by atoms with Gasteiger partial charge in [0, 0.05) is 47.9 Å². The summed E-state index contributed by atoms with van der Waals surface area (Å²) in [7, 11) is 1.41. The number of esters is 1. The first-order chi connectivity index (χ1) is 15.5. The predicted octanol–water partition coefficient (Wildman–Crippen LogP) is 6.43. The summed E-state index contributed by atoms with van der Waals surface area (Å²) < 4.78 is 5.62. The lowest BCUT2D eigenvalue weighted by Gasteiger charge is -2.37. The number of benzene rings is 2. The molecule has 0 saturated carbocycles. The van der Waals surface area contributed by atoms with E-state index in [4.69, 9.17) is 16.3 Å². The lowest BCUT2D eigenvalue weighted by molar-refractivity contribution is 0.0599. The van der Waals surface area contributed by atoms with Crippen molar-refractivity contribution in [3.63, 3.8) is 0 Å². The molecule has 0 unspecified atom stereocenters. The molecule has 0 spiro atoms. The van der Waals surface area contributed by atoms with Gasteiger partial charge in [-0.1, -0.05) is 35.7 Å². The minimum absolute atomic E-state index is 0.318. The Balaban J connectivity index is 1.43. The number of allylic oxidation sites excluding steroid dienone is 1. The van der Waals surface area contributed by atoms with Gasteiger partial charge < -0.3 is 9.64 Å². The summed E-state index contributed by atoms with van der Waals surface area (Å²) in [5, 5.41) is 0.798. The number of piperazine rings is 1. The molecule has 4 nitrogen and oxygen atoms in total. The number of methoxy groups -OCH3 is 1. The maximum absolute atomic E-state index is 11.8. The van der Waals surface area contributed by atoms with E-state index in [0.717, 1.165) is 54.3 Å². The average Bonchev–Trinajstić information content (AvgIpc) is 3.05. The lowest BCUT2D eigenvalue weighted by atomic mass is 9.95. The highest BCUT2D eigenvalue weighted by atomic mass is 79.9. The van der Waals surface area contributed by atoms with Gasteiger partial charge in [0.2, 0.25) is 0 Å². The summed E-state index contributed by atoms with van der Waals surface area (Å²) in [6.07, 6.45) is 6.22. The monoisotopic (exact) mass is 516 g/mol. The molecule has 2 aliphatic rings. The molecule has 0 atom stereocenters. The van der Waals surface area contributed by atoms with Crippen molar-refractivity contribution in [3.8, 4) is 0 Å². The Morgan fingerprint density at radius 3 is 2.41 bits per heavy atom. The van der Waals surface area contributed by atoms with E-state index in [1.165, 1.54) is 43.9 Å². The van der Waals surface area contributed by atoms with Crippen LogP contribution in [0.5, 0.6) is 0 Å².